The van der Waals surface area contributed by atoms with E-state index in [0.29, 0.717) is 11.8 Å². The molecule has 5 aromatic rings. The average Bonchev–Trinajstić information content (AvgIpc) is 3.41. The zero-order valence-electron chi connectivity index (χ0n) is 30.4. The third-order valence-corrected chi connectivity index (χ3v) is 10.4. The smallest absolute Gasteiger partial charge is 0.162 e. The minimum Gasteiger partial charge on any atom is -0.512 e. The van der Waals surface area contributed by atoms with Gasteiger partial charge in [-0.2, -0.15) is 0 Å². The number of hydrogen-bond donors (Lipinski definition) is 1. The normalized spacial score (nSPS) is 13.8. The molecular weight excluding hydrogens is 771 g/mol. The number of benzene rings is 3. The van der Waals surface area contributed by atoms with Crippen molar-refractivity contribution in [1.29, 1.82) is 0 Å². The largest absolute Gasteiger partial charge is 0.512 e. The first-order valence-electron chi connectivity index (χ1n) is 17.7. The molecule has 0 saturated heterocycles. The van der Waals surface area contributed by atoms with Gasteiger partial charge in [0.1, 0.15) is 11.2 Å². The number of aromatic nitrogens is 1. The first-order valence-corrected chi connectivity index (χ1v) is 17.7. The summed E-state index contributed by atoms with van der Waals surface area (Å²) in [6, 6.07) is 19.0. The number of carbonyl (C=O) groups excluding carboxylic acids is 1. The second-order valence-corrected chi connectivity index (χ2v) is 14.3. The van der Waals surface area contributed by atoms with Gasteiger partial charge in [-0.1, -0.05) is 116 Å². The van der Waals surface area contributed by atoms with Crippen LogP contribution in [0, 0.1) is 17.9 Å². The quantitative estimate of drug-likeness (QED) is 0.0914. The van der Waals surface area contributed by atoms with Crippen molar-refractivity contribution in [2.75, 3.05) is 0 Å². The van der Waals surface area contributed by atoms with Gasteiger partial charge in [0.25, 0.3) is 0 Å². The van der Waals surface area contributed by atoms with E-state index in [4.69, 9.17) is 9.40 Å². The van der Waals surface area contributed by atoms with Crippen molar-refractivity contribution >= 4 is 38.5 Å². The van der Waals surface area contributed by atoms with E-state index in [1.54, 1.807) is 0 Å². The van der Waals surface area contributed by atoms with Crippen LogP contribution in [-0.2, 0) is 30.3 Å². The number of nitrogens with zero attached hydrogens (tertiary/aromatic N) is 1. The first-order chi connectivity index (χ1) is 22.4. The molecule has 0 amide bonds. The van der Waals surface area contributed by atoms with E-state index in [9.17, 15) is 9.90 Å². The molecule has 1 aliphatic rings. The number of pyridine rings is 1. The van der Waals surface area contributed by atoms with E-state index < -0.39 is 0 Å². The molecule has 48 heavy (non-hydrogen) atoms. The molecule has 3 aromatic carbocycles. The van der Waals surface area contributed by atoms with Gasteiger partial charge in [-0.3, -0.25) is 4.79 Å². The van der Waals surface area contributed by atoms with Crippen LogP contribution in [0.1, 0.15) is 129 Å². The number of ketones is 1. The zero-order valence-corrected chi connectivity index (χ0v) is 32.8. The van der Waals surface area contributed by atoms with Gasteiger partial charge < -0.3 is 14.5 Å². The fourth-order valence-corrected chi connectivity index (χ4v) is 7.44. The van der Waals surface area contributed by atoms with Gasteiger partial charge in [0.05, 0.1) is 5.76 Å². The van der Waals surface area contributed by atoms with E-state index >= 15 is 0 Å². The minimum atomic E-state index is -0.226. The molecule has 0 aliphatic heterocycles. The predicted octanol–water partition coefficient (Wildman–Crippen LogP) is 12.4. The van der Waals surface area contributed by atoms with Crippen LogP contribution in [0.2, 0.25) is 0 Å². The fraction of sp³-hybridized carbons (Fsp3) is 0.442. The molecule has 5 heteroatoms. The Balaban J connectivity index is 0.000000279. The molecular formula is C43H52IrNO3-. The van der Waals surface area contributed by atoms with E-state index in [2.05, 4.69) is 90.1 Å². The molecule has 0 spiro atoms. The van der Waals surface area contributed by atoms with Crippen molar-refractivity contribution in [3.8, 4) is 11.3 Å². The van der Waals surface area contributed by atoms with Crippen molar-refractivity contribution < 1.29 is 34.4 Å². The second kappa shape index (κ2) is 15.1. The Hall–Kier alpha value is -3.27. The zero-order chi connectivity index (χ0) is 34.2. The van der Waals surface area contributed by atoms with Gasteiger partial charge in [0.15, 0.2) is 5.78 Å². The molecule has 6 rings (SSSR count). The standard InChI is InChI=1S/C30H28NO.C13H24O2.Ir/c1-16(2)19-13-14-23-24-25-27(31-15-22(17(3)4)29(25)32-28(19)24)21-12-11-18-9-7-8-10-20(18)26(21)30(23,5)6;1-5-10(6-2)12(14)9-13(15)11(7-3)8-4;/h7-11,13-17H,1-6H3;9-11,14H,5-8H2,1-4H3;/q-1;;/b;12-9-;. The second-order valence-electron chi connectivity index (χ2n) is 14.3. The minimum absolute atomic E-state index is 0. The molecule has 4 nitrogen and oxygen atoms in total. The molecule has 0 saturated carbocycles. The van der Waals surface area contributed by atoms with Gasteiger partial charge in [-0.05, 0) is 54.1 Å². The summed E-state index contributed by atoms with van der Waals surface area (Å²) in [7, 11) is 0. The van der Waals surface area contributed by atoms with E-state index in [1.165, 1.54) is 44.5 Å². The van der Waals surface area contributed by atoms with E-state index in [1.807, 2.05) is 33.9 Å². The van der Waals surface area contributed by atoms with Gasteiger partial charge >= 0.3 is 0 Å². The number of hydrogen-bond acceptors (Lipinski definition) is 4. The molecule has 1 N–H and O–H groups in total. The molecule has 0 atom stereocenters. The maximum Gasteiger partial charge on any atom is 0.162 e. The number of allylic oxidation sites excluding steroid dienone is 2. The molecule has 257 valence electrons. The number of fused-ring (bicyclic) bond motifs is 4. The van der Waals surface area contributed by atoms with Crippen molar-refractivity contribution in [2.24, 2.45) is 11.8 Å². The summed E-state index contributed by atoms with van der Waals surface area (Å²) in [5, 5.41) is 14.6. The van der Waals surface area contributed by atoms with Gasteiger partial charge in [0, 0.05) is 66.2 Å². The van der Waals surface area contributed by atoms with Crippen LogP contribution in [0.3, 0.4) is 0 Å². The molecule has 0 fully saturated rings. The summed E-state index contributed by atoms with van der Waals surface area (Å²) in [5.41, 5.74) is 8.91. The molecule has 1 radical (unpaired) electrons. The Morgan fingerprint density at radius 3 is 2.08 bits per heavy atom. The van der Waals surface area contributed by atoms with E-state index in [0.717, 1.165) is 53.5 Å². The summed E-state index contributed by atoms with van der Waals surface area (Å²) in [6.45, 7) is 21.7. The summed E-state index contributed by atoms with van der Waals surface area (Å²) in [5.74, 6) is 1.26. The maximum atomic E-state index is 11.7. The van der Waals surface area contributed by atoms with Crippen LogP contribution < -0.4 is 0 Å². The Bertz CT molecular complexity index is 1950. The van der Waals surface area contributed by atoms with E-state index in [-0.39, 0.29) is 48.9 Å². The topological polar surface area (TPSA) is 63.3 Å². The molecule has 2 heterocycles. The van der Waals surface area contributed by atoms with Crippen LogP contribution in [0.25, 0.3) is 44.0 Å². The number of aliphatic hydroxyl groups is 1. The Morgan fingerprint density at radius 1 is 0.875 bits per heavy atom. The number of furan rings is 1. The van der Waals surface area contributed by atoms with Crippen molar-refractivity contribution in [1.82, 2.24) is 4.98 Å². The number of carbonyl (C=O) groups is 1. The molecule has 0 unspecified atom stereocenters. The number of rotatable bonds is 9. The third kappa shape index (κ3) is 6.53. The number of aliphatic hydroxyl groups excluding tert-OH is 1. The van der Waals surface area contributed by atoms with Crippen LogP contribution >= 0.6 is 0 Å². The fourth-order valence-electron chi connectivity index (χ4n) is 7.44. The SMILES string of the molecule is CC(C)c1ccc2c3c1oc1c(C(C)C)cnc(c13)-c1[c-]cc3ccccc3c1C2(C)C.CCC(CC)C(=O)/C=C(\O)C(CC)CC.[Ir]. The van der Waals surface area contributed by atoms with Crippen LogP contribution in [0.5, 0.6) is 0 Å². The molecule has 0 bridgehead atoms. The van der Waals surface area contributed by atoms with Crippen molar-refractivity contribution in [3.05, 3.63) is 88.8 Å². The van der Waals surface area contributed by atoms with Crippen LogP contribution in [-0.4, -0.2) is 15.9 Å². The Kier molecular flexibility index (Phi) is 11.8. The van der Waals surface area contributed by atoms with Crippen molar-refractivity contribution in [3.63, 3.8) is 0 Å². The summed E-state index contributed by atoms with van der Waals surface area (Å²) >= 11 is 0. The monoisotopic (exact) mass is 823 g/mol. The van der Waals surface area contributed by atoms with Gasteiger partial charge in [0.2, 0.25) is 0 Å². The molecule has 1 aliphatic carbocycles. The Labute approximate surface area is 300 Å². The summed E-state index contributed by atoms with van der Waals surface area (Å²) in [6.07, 6.45) is 6.92. The summed E-state index contributed by atoms with van der Waals surface area (Å²) < 4.78 is 6.74. The van der Waals surface area contributed by atoms with Crippen molar-refractivity contribution in [2.45, 2.75) is 112 Å². The predicted molar refractivity (Wildman–Crippen MR) is 197 cm³/mol. The van der Waals surface area contributed by atoms with Crippen LogP contribution in [0.4, 0.5) is 0 Å². The first kappa shape index (κ1) is 37.5. The third-order valence-electron chi connectivity index (χ3n) is 10.4. The van der Waals surface area contributed by atoms with Gasteiger partial charge in [-0.15, -0.1) is 23.3 Å². The Morgan fingerprint density at radius 2 is 1.48 bits per heavy atom. The molecule has 2 aromatic heterocycles. The summed E-state index contributed by atoms with van der Waals surface area (Å²) in [4.78, 5) is 16.8. The van der Waals surface area contributed by atoms with Crippen LogP contribution in [0.15, 0.2) is 64.9 Å². The maximum absolute atomic E-state index is 11.7. The average molecular weight is 823 g/mol. The van der Waals surface area contributed by atoms with Gasteiger partial charge in [-0.25, -0.2) is 0 Å².